The van der Waals surface area contributed by atoms with Gasteiger partial charge in [-0.3, -0.25) is 9.78 Å². The molecule has 1 aliphatic rings. The first-order valence-corrected chi connectivity index (χ1v) is 8.51. The van der Waals surface area contributed by atoms with Gasteiger partial charge in [0, 0.05) is 24.5 Å². The van der Waals surface area contributed by atoms with Crippen molar-refractivity contribution in [1.82, 2.24) is 9.88 Å². The number of carbonyl (C=O) groups is 2. The Morgan fingerprint density at radius 2 is 2.00 bits per heavy atom. The molecule has 1 aromatic heterocycles. The van der Waals surface area contributed by atoms with E-state index in [1.807, 2.05) is 38.1 Å². The first-order valence-electron chi connectivity index (χ1n) is 8.51. The monoisotopic (exact) mass is 338 g/mol. The second-order valence-corrected chi connectivity index (χ2v) is 6.81. The van der Waals surface area contributed by atoms with E-state index >= 15 is 0 Å². The van der Waals surface area contributed by atoms with Crippen molar-refractivity contribution in [1.29, 1.82) is 0 Å². The smallest absolute Gasteiger partial charge is 0.326 e. The van der Waals surface area contributed by atoms with E-state index in [-0.39, 0.29) is 5.91 Å². The summed E-state index contributed by atoms with van der Waals surface area (Å²) in [5, 5.41) is 9.48. The number of aliphatic carboxylic acids is 1. The van der Waals surface area contributed by atoms with Crippen molar-refractivity contribution in [3.05, 3.63) is 53.9 Å². The van der Waals surface area contributed by atoms with Crippen LogP contribution in [0.25, 0.3) is 11.1 Å². The average molecular weight is 338 g/mol. The van der Waals surface area contributed by atoms with Crippen molar-refractivity contribution >= 4 is 11.9 Å². The minimum Gasteiger partial charge on any atom is -0.480 e. The molecule has 2 heterocycles. The van der Waals surface area contributed by atoms with Crippen LogP contribution >= 0.6 is 0 Å². The highest BCUT2D eigenvalue weighted by atomic mass is 16.4. The molecule has 25 heavy (non-hydrogen) atoms. The summed E-state index contributed by atoms with van der Waals surface area (Å²) >= 11 is 0. The van der Waals surface area contributed by atoms with Crippen LogP contribution < -0.4 is 0 Å². The molecule has 5 heteroatoms. The minimum atomic E-state index is -0.942. The third kappa shape index (κ3) is 3.71. The Labute approximate surface area is 147 Å². The normalized spacial score (nSPS) is 20.3. The standard InChI is InChI=1S/C20H22N2O3/c1-13-4-3-5-15(8-13)16-10-17(12-21-11-16)19(23)22-7-6-14(2)9-18(22)20(24)25/h3-5,8,10-12,14,18H,6-7,9H2,1-2H3,(H,24,25). The third-order valence-electron chi connectivity index (χ3n) is 4.75. The Kier molecular flexibility index (Phi) is 4.83. The lowest BCUT2D eigenvalue weighted by Gasteiger charge is -2.36. The molecular formula is C20H22N2O3. The maximum Gasteiger partial charge on any atom is 0.326 e. The van der Waals surface area contributed by atoms with Crippen LogP contribution in [0.1, 0.15) is 35.7 Å². The number of benzene rings is 1. The number of carboxylic acid groups (broad SMARTS) is 1. The van der Waals surface area contributed by atoms with Crippen LogP contribution in [0.5, 0.6) is 0 Å². The van der Waals surface area contributed by atoms with E-state index in [4.69, 9.17) is 0 Å². The van der Waals surface area contributed by atoms with Gasteiger partial charge in [-0.15, -0.1) is 0 Å². The zero-order chi connectivity index (χ0) is 18.0. The first-order chi connectivity index (χ1) is 12.0. The summed E-state index contributed by atoms with van der Waals surface area (Å²) in [4.78, 5) is 30.1. The van der Waals surface area contributed by atoms with Gasteiger partial charge in [-0.05, 0) is 37.3 Å². The topological polar surface area (TPSA) is 70.5 Å². The molecule has 0 aliphatic carbocycles. The molecule has 0 radical (unpaired) electrons. The van der Waals surface area contributed by atoms with E-state index in [9.17, 15) is 14.7 Å². The average Bonchev–Trinajstić information content (AvgIpc) is 2.61. The quantitative estimate of drug-likeness (QED) is 0.931. The van der Waals surface area contributed by atoms with E-state index in [0.717, 1.165) is 23.1 Å². The summed E-state index contributed by atoms with van der Waals surface area (Å²) in [6.07, 6.45) is 4.55. The number of nitrogens with zero attached hydrogens (tertiary/aromatic N) is 2. The third-order valence-corrected chi connectivity index (χ3v) is 4.75. The number of aryl methyl sites for hydroxylation is 1. The van der Waals surface area contributed by atoms with Gasteiger partial charge in [-0.2, -0.15) is 0 Å². The number of amides is 1. The summed E-state index contributed by atoms with van der Waals surface area (Å²) in [5.41, 5.74) is 3.40. The zero-order valence-electron chi connectivity index (χ0n) is 14.5. The molecule has 1 fully saturated rings. The van der Waals surface area contributed by atoms with Crippen LogP contribution in [0.15, 0.2) is 42.7 Å². The van der Waals surface area contributed by atoms with E-state index in [0.29, 0.717) is 24.4 Å². The van der Waals surface area contributed by atoms with Gasteiger partial charge in [-0.1, -0.05) is 36.8 Å². The number of likely N-dealkylation sites (tertiary alicyclic amines) is 1. The van der Waals surface area contributed by atoms with Crippen LogP contribution in [0, 0.1) is 12.8 Å². The Hall–Kier alpha value is -2.69. The van der Waals surface area contributed by atoms with Gasteiger partial charge in [-0.25, -0.2) is 4.79 Å². The molecule has 1 saturated heterocycles. The van der Waals surface area contributed by atoms with Gasteiger partial charge >= 0.3 is 5.97 Å². The number of carboxylic acids is 1. The van der Waals surface area contributed by atoms with Crippen molar-refractivity contribution in [3.8, 4) is 11.1 Å². The fourth-order valence-corrected chi connectivity index (χ4v) is 3.32. The number of hydrogen-bond donors (Lipinski definition) is 1. The molecule has 1 N–H and O–H groups in total. The highest BCUT2D eigenvalue weighted by Crippen LogP contribution is 2.26. The van der Waals surface area contributed by atoms with Gasteiger partial charge in [0.05, 0.1) is 5.56 Å². The Balaban J connectivity index is 1.90. The predicted octanol–water partition coefficient (Wildman–Crippen LogP) is 3.38. The van der Waals surface area contributed by atoms with E-state index in [1.165, 1.54) is 11.1 Å². The van der Waals surface area contributed by atoms with Crippen LogP contribution in [0.3, 0.4) is 0 Å². The Morgan fingerprint density at radius 1 is 1.20 bits per heavy atom. The zero-order valence-corrected chi connectivity index (χ0v) is 14.5. The van der Waals surface area contributed by atoms with Crippen molar-refractivity contribution < 1.29 is 14.7 Å². The second-order valence-electron chi connectivity index (χ2n) is 6.81. The molecule has 1 aliphatic heterocycles. The molecule has 2 aromatic rings. The fraction of sp³-hybridized carbons (Fsp3) is 0.350. The van der Waals surface area contributed by atoms with Crippen molar-refractivity contribution in [2.75, 3.05) is 6.54 Å². The molecule has 1 aromatic carbocycles. The van der Waals surface area contributed by atoms with Crippen molar-refractivity contribution in [2.45, 2.75) is 32.7 Å². The lowest BCUT2D eigenvalue weighted by atomic mass is 9.92. The maximum absolute atomic E-state index is 12.9. The minimum absolute atomic E-state index is 0.263. The first kappa shape index (κ1) is 17.1. The van der Waals surface area contributed by atoms with Gasteiger partial charge < -0.3 is 10.0 Å². The van der Waals surface area contributed by atoms with Crippen LogP contribution in [0.4, 0.5) is 0 Å². The number of hydrogen-bond acceptors (Lipinski definition) is 3. The lowest BCUT2D eigenvalue weighted by Crippen LogP contribution is -2.49. The van der Waals surface area contributed by atoms with E-state index in [2.05, 4.69) is 4.98 Å². The number of carbonyl (C=O) groups excluding carboxylic acids is 1. The predicted molar refractivity (Wildman–Crippen MR) is 95.3 cm³/mol. The van der Waals surface area contributed by atoms with Gasteiger partial charge in [0.1, 0.15) is 6.04 Å². The Morgan fingerprint density at radius 3 is 2.72 bits per heavy atom. The largest absolute Gasteiger partial charge is 0.480 e. The number of rotatable bonds is 3. The fourth-order valence-electron chi connectivity index (χ4n) is 3.32. The summed E-state index contributed by atoms with van der Waals surface area (Å²) in [5.74, 6) is -0.897. The van der Waals surface area contributed by atoms with Gasteiger partial charge in [0.2, 0.25) is 0 Å². The highest BCUT2D eigenvalue weighted by Gasteiger charge is 2.35. The molecule has 1 amide bonds. The van der Waals surface area contributed by atoms with E-state index in [1.54, 1.807) is 12.3 Å². The molecule has 2 atom stereocenters. The molecule has 0 bridgehead atoms. The van der Waals surface area contributed by atoms with Crippen LogP contribution in [0.2, 0.25) is 0 Å². The number of aromatic nitrogens is 1. The summed E-state index contributed by atoms with van der Waals surface area (Å²) in [6, 6.07) is 9.01. The van der Waals surface area contributed by atoms with Crippen molar-refractivity contribution in [2.24, 2.45) is 5.92 Å². The van der Waals surface area contributed by atoms with E-state index < -0.39 is 12.0 Å². The molecule has 0 saturated carbocycles. The SMILES string of the molecule is Cc1cccc(-c2cncc(C(=O)N3CCC(C)CC3C(=O)O)c2)c1. The summed E-state index contributed by atoms with van der Waals surface area (Å²) < 4.78 is 0. The Bertz CT molecular complexity index is 803. The second kappa shape index (κ2) is 7.05. The number of pyridine rings is 1. The van der Waals surface area contributed by atoms with Gasteiger partial charge in [0.25, 0.3) is 5.91 Å². The summed E-state index contributed by atoms with van der Waals surface area (Å²) in [7, 11) is 0. The van der Waals surface area contributed by atoms with Crippen LogP contribution in [-0.4, -0.2) is 39.5 Å². The number of piperidine rings is 1. The lowest BCUT2D eigenvalue weighted by molar-refractivity contribution is -0.144. The maximum atomic E-state index is 12.9. The van der Waals surface area contributed by atoms with Gasteiger partial charge in [0.15, 0.2) is 0 Å². The van der Waals surface area contributed by atoms with Crippen molar-refractivity contribution in [3.63, 3.8) is 0 Å². The molecule has 0 spiro atoms. The molecule has 3 rings (SSSR count). The molecule has 5 nitrogen and oxygen atoms in total. The molecule has 2 unspecified atom stereocenters. The molecular weight excluding hydrogens is 316 g/mol. The molecule has 130 valence electrons. The highest BCUT2D eigenvalue weighted by molar-refractivity contribution is 5.97. The summed E-state index contributed by atoms with van der Waals surface area (Å²) in [6.45, 7) is 4.50. The van der Waals surface area contributed by atoms with Crippen LogP contribution in [-0.2, 0) is 4.79 Å².